The topological polar surface area (TPSA) is 67.2 Å². The molecule has 1 heterocycles. The highest BCUT2D eigenvalue weighted by molar-refractivity contribution is 6.02. The van der Waals surface area contributed by atoms with Crippen LogP contribution >= 0.6 is 0 Å². The molecule has 0 fully saturated rings. The first-order chi connectivity index (χ1) is 5.77. The third kappa shape index (κ3) is 1.02. The number of rotatable bonds is 0. The smallest absolute Gasteiger partial charge is 0.261 e. The second-order valence-corrected chi connectivity index (χ2v) is 2.66. The molecule has 0 saturated carbocycles. The van der Waals surface area contributed by atoms with Crippen LogP contribution in [0.25, 0.3) is 0 Å². The number of carbonyl (C=O) groups is 1. The molecule has 0 saturated heterocycles. The molecular weight excluding hydrogens is 154 g/mol. The Bertz CT molecular complexity index is 324. The summed E-state index contributed by atoms with van der Waals surface area (Å²) in [5.74, 6) is -0.200. The van der Waals surface area contributed by atoms with Crippen molar-refractivity contribution in [3.63, 3.8) is 0 Å². The predicted molar refractivity (Wildman–Crippen MR) is 46.7 cm³/mol. The van der Waals surface area contributed by atoms with Gasteiger partial charge in [-0.25, -0.2) is 0 Å². The van der Waals surface area contributed by atoms with Crippen LogP contribution in [0.4, 0.5) is 11.4 Å². The normalized spacial score (nSPS) is 20.8. The first kappa shape index (κ1) is 7.12. The Morgan fingerprint density at radius 3 is 2.67 bits per heavy atom. The number of carbonyl (C=O) groups excluding carboxylic acids is 1. The molecule has 4 nitrogen and oxygen atoms in total. The predicted octanol–water partition coefficient (Wildman–Crippen LogP) is 0.335. The zero-order valence-electron chi connectivity index (χ0n) is 6.37. The molecule has 0 bridgehead atoms. The van der Waals surface area contributed by atoms with E-state index in [-0.39, 0.29) is 5.91 Å². The van der Waals surface area contributed by atoms with Gasteiger partial charge in [0.15, 0.2) is 6.17 Å². The molecule has 1 atom stereocenters. The van der Waals surface area contributed by atoms with E-state index in [1.54, 1.807) is 0 Å². The summed E-state index contributed by atoms with van der Waals surface area (Å²) in [6.45, 7) is 0. The molecule has 0 radical (unpaired) electrons. The second-order valence-electron chi connectivity index (χ2n) is 2.66. The highest BCUT2D eigenvalue weighted by Crippen LogP contribution is 2.24. The van der Waals surface area contributed by atoms with Gasteiger partial charge in [0.05, 0.1) is 11.4 Å². The van der Waals surface area contributed by atoms with Crippen LogP contribution in [0, 0.1) is 0 Å². The van der Waals surface area contributed by atoms with Crippen LogP contribution in [0.5, 0.6) is 0 Å². The van der Waals surface area contributed by atoms with Crippen molar-refractivity contribution in [3.8, 4) is 0 Å². The van der Waals surface area contributed by atoms with E-state index < -0.39 is 6.17 Å². The molecule has 4 heteroatoms. The minimum absolute atomic E-state index is 0.200. The average Bonchev–Trinajstić information content (AvgIpc) is 2.07. The Morgan fingerprint density at radius 1 is 1.25 bits per heavy atom. The molecule has 0 aliphatic carbocycles. The summed E-state index contributed by atoms with van der Waals surface area (Å²) in [7, 11) is 0. The Kier molecular flexibility index (Phi) is 1.48. The van der Waals surface area contributed by atoms with E-state index in [1.807, 2.05) is 24.3 Å². The number of fused-ring (bicyclic) bond motifs is 1. The molecule has 0 spiro atoms. The van der Waals surface area contributed by atoms with Crippen molar-refractivity contribution >= 4 is 17.3 Å². The molecule has 1 aliphatic rings. The van der Waals surface area contributed by atoms with E-state index >= 15 is 0 Å². The minimum atomic E-state index is -0.639. The zero-order chi connectivity index (χ0) is 8.55. The summed E-state index contributed by atoms with van der Waals surface area (Å²) in [5, 5.41) is 5.56. The Morgan fingerprint density at radius 2 is 1.92 bits per heavy atom. The lowest BCUT2D eigenvalue weighted by atomic mass is 10.2. The number of hydrogen-bond acceptors (Lipinski definition) is 3. The van der Waals surface area contributed by atoms with Crippen molar-refractivity contribution in [2.24, 2.45) is 5.73 Å². The van der Waals surface area contributed by atoms with E-state index in [4.69, 9.17) is 5.73 Å². The number of nitrogens with two attached hydrogens (primary N) is 1. The number of benzene rings is 1. The van der Waals surface area contributed by atoms with Crippen molar-refractivity contribution in [1.29, 1.82) is 0 Å². The quantitative estimate of drug-likeness (QED) is 0.516. The molecule has 1 aromatic carbocycles. The first-order valence-electron chi connectivity index (χ1n) is 3.69. The molecule has 12 heavy (non-hydrogen) atoms. The SMILES string of the molecule is N[C@H]1Nc2ccccc2NC1=O. The summed E-state index contributed by atoms with van der Waals surface area (Å²) < 4.78 is 0. The van der Waals surface area contributed by atoms with Crippen molar-refractivity contribution in [3.05, 3.63) is 24.3 Å². The van der Waals surface area contributed by atoms with Crippen molar-refractivity contribution in [2.45, 2.75) is 6.17 Å². The molecule has 4 N–H and O–H groups in total. The molecule has 1 aromatic rings. The summed E-state index contributed by atoms with van der Waals surface area (Å²) in [5.41, 5.74) is 7.12. The molecule has 0 unspecified atom stereocenters. The van der Waals surface area contributed by atoms with Gasteiger partial charge in [-0.15, -0.1) is 0 Å². The lowest BCUT2D eigenvalue weighted by molar-refractivity contribution is -0.117. The minimum Gasteiger partial charge on any atom is -0.360 e. The van der Waals surface area contributed by atoms with Gasteiger partial charge in [-0.3, -0.25) is 4.79 Å². The molecule has 0 aromatic heterocycles. The van der Waals surface area contributed by atoms with Crippen molar-refractivity contribution < 1.29 is 4.79 Å². The third-order valence-corrected chi connectivity index (χ3v) is 1.78. The highest BCUT2D eigenvalue weighted by atomic mass is 16.2. The fourth-order valence-corrected chi connectivity index (χ4v) is 1.16. The van der Waals surface area contributed by atoms with Crippen LogP contribution in [-0.2, 0) is 4.79 Å². The highest BCUT2D eigenvalue weighted by Gasteiger charge is 2.20. The van der Waals surface area contributed by atoms with Crippen molar-refractivity contribution in [2.75, 3.05) is 10.6 Å². The van der Waals surface area contributed by atoms with E-state index in [1.165, 1.54) is 0 Å². The molecule has 2 rings (SSSR count). The molecule has 1 aliphatic heterocycles. The first-order valence-corrected chi connectivity index (χ1v) is 3.69. The average molecular weight is 163 g/mol. The van der Waals surface area contributed by atoms with Gasteiger partial charge in [-0.2, -0.15) is 0 Å². The van der Waals surface area contributed by atoms with Gasteiger partial charge >= 0.3 is 0 Å². The Hall–Kier alpha value is -1.55. The van der Waals surface area contributed by atoms with Gasteiger partial charge in [0.1, 0.15) is 0 Å². The van der Waals surface area contributed by atoms with Crippen molar-refractivity contribution in [1.82, 2.24) is 0 Å². The largest absolute Gasteiger partial charge is 0.360 e. The Labute approximate surface area is 69.8 Å². The molecular formula is C8H9N3O. The van der Waals surface area contributed by atoms with Crippen LogP contribution in [0.3, 0.4) is 0 Å². The lowest BCUT2D eigenvalue weighted by Crippen LogP contribution is -2.45. The van der Waals surface area contributed by atoms with E-state index in [9.17, 15) is 4.79 Å². The monoisotopic (exact) mass is 163 g/mol. The van der Waals surface area contributed by atoms with Gasteiger partial charge in [0.25, 0.3) is 5.91 Å². The van der Waals surface area contributed by atoms with Crippen LogP contribution < -0.4 is 16.4 Å². The van der Waals surface area contributed by atoms with Gasteiger partial charge in [0.2, 0.25) is 0 Å². The third-order valence-electron chi connectivity index (χ3n) is 1.78. The van der Waals surface area contributed by atoms with Crippen LogP contribution in [0.1, 0.15) is 0 Å². The van der Waals surface area contributed by atoms with Gasteiger partial charge in [-0.1, -0.05) is 12.1 Å². The summed E-state index contributed by atoms with van der Waals surface area (Å²) >= 11 is 0. The van der Waals surface area contributed by atoms with E-state index in [0.29, 0.717) is 0 Å². The van der Waals surface area contributed by atoms with Crippen LogP contribution in [0.2, 0.25) is 0 Å². The van der Waals surface area contributed by atoms with Gasteiger partial charge < -0.3 is 16.4 Å². The standard InChI is InChI=1S/C8H9N3O/c9-7-8(12)11-6-4-2-1-3-5(6)10-7/h1-4,7,10H,9H2,(H,11,12)/t7-/m0/s1. The maximum absolute atomic E-state index is 11.1. The summed E-state index contributed by atoms with van der Waals surface area (Å²) in [6, 6.07) is 7.44. The van der Waals surface area contributed by atoms with Crippen LogP contribution in [-0.4, -0.2) is 12.1 Å². The van der Waals surface area contributed by atoms with Gasteiger partial charge in [-0.05, 0) is 12.1 Å². The Balaban J connectivity index is 2.40. The fraction of sp³-hybridized carbons (Fsp3) is 0.125. The number of nitrogens with one attached hydrogen (secondary N) is 2. The van der Waals surface area contributed by atoms with E-state index in [2.05, 4.69) is 10.6 Å². The number of amides is 1. The maximum atomic E-state index is 11.1. The summed E-state index contributed by atoms with van der Waals surface area (Å²) in [4.78, 5) is 11.1. The maximum Gasteiger partial charge on any atom is 0.261 e. The second kappa shape index (κ2) is 2.49. The molecule has 1 amide bonds. The molecule has 62 valence electrons. The van der Waals surface area contributed by atoms with E-state index in [0.717, 1.165) is 11.4 Å². The number of anilines is 2. The van der Waals surface area contributed by atoms with Crippen LogP contribution in [0.15, 0.2) is 24.3 Å². The number of para-hydroxylation sites is 2. The fourth-order valence-electron chi connectivity index (χ4n) is 1.16. The summed E-state index contributed by atoms with van der Waals surface area (Å²) in [6.07, 6.45) is -0.639. The van der Waals surface area contributed by atoms with Gasteiger partial charge in [0, 0.05) is 0 Å². The lowest BCUT2D eigenvalue weighted by Gasteiger charge is -2.23. The zero-order valence-corrected chi connectivity index (χ0v) is 6.37. The number of hydrogen-bond donors (Lipinski definition) is 3.